The van der Waals surface area contributed by atoms with Crippen LogP contribution in [0.5, 0.6) is 0 Å². The monoisotopic (exact) mass is 325 g/mol. The normalized spacial score (nSPS) is 12.0. The summed E-state index contributed by atoms with van der Waals surface area (Å²) >= 11 is 3.94. The van der Waals surface area contributed by atoms with E-state index in [4.69, 9.17) is 5.11 Å². The molecule has 2 aromatic rings. The number of carboxylic acid groups (broad SMARTS) is 1. The summed E-state index contributed by atoms with van der Waals surface area (Å²) in [6, 6.07) is 1.77. The van der Waals surface area contributed by atoms with Crippen LogP contribution >= 0.6 is 27.3 Å². The van der Waals surface area contributed by atoms with Crippen molar-refractivity contribution in [3.05, 3.63) is 27.2 Å². The molecule has 0 aliphatic heterocycles. The molecular weight excluding hydrogens is 323 g/mol. The molecule has 0 saturated heterocycles. The van der Waals surface area contributed by atoms with E-state index < -0.39 is 23.3 Å². The van der Waals surface area contributed by atoms with Gasteiger partial charge in [-0.3, -0.25) is 0 Å². The molecular formula is C9H3BrF3NO2S. The average Bonchev–Trinajstić information content (AvgIpc) is 2.54. The first-order valence-electron chi connectivity index (χ1n) is 4.19. The van der Waals surface area contributed by atoms with E-state index in [9.17, 15) is 18.0 Å². The SMILES string of the molecule is O=C(O)c1cc(C(F)(F)F)c2nc(Br)sc2c1. The number of aromatic nitrogens is 1. The van der Waals surface area contributed by atoms with Crippen LogP contribution in [0, 0.1) is 0 Å². The minimum Gasteiger partial charge on any atom is -0.478 e. The van der Waals surface area contributed by atoms with Gasteiger partial charge in [0.2, 0.25) is 0 Å². The van der Waals surface area contributed by atoms with Crippen LogP contribution < -0.4 is 0 Å². The molecule has 0 amide bonds. The van der Waals surface area contributed by atoms with Crippen LogP contribution in [0.2, 0.25) is 0 Å². The predicted octanol–water partition coefficient (Wildman–Crippen LogP) is 3.78. The van der Waals surface area contributed by atoms with Gasteiger partial charge in [0.25, 0.3) is 0 Å². The van der Waals surface area contributed by atoms with Crippen LogP contribution in [0.25, 0.3) is 10.2 Å². The summed E-state index contributed by atoms with van der Waals surface area (Å²) in [4.78, 5) is 14.4. The van der Waals surface area contributed by atoms with Crippen LogP contribution in [0.3, 0.4) is 0 Å². The molecule has 1 N–H and O–H groups in total. The molecule has 0 fully saturated rings. The minimum absolute atomic E-state index is 0.184. The van der Waals surface area contributed by atoms with Crippen molar-refractivity contribution in [2.24, 2.45) is 0 Å². The Morgan fingerprint density at radius 3 is 2.59 bits per heavy atom. The van der Waals surface area contributed by atoms with Crippen LogP contribution in [-0.4, -0.2) is 16.1 Å². The fourth-order valence-electron chi connectivity index (χ4n) is 1.34. The van der Waals surface area contributed by atoms with Gasteiger partial charge in [0.1, 0.15) is 0 Å². The molecule has 0 bridgehead atoms. The second kappa shape index (κ2) is 3.95. The first-order valence-corrected chi connectivity index (χ1v) is 5.80. The fourth-order valence-corrected chi connectivity index (χ4v) is 2.80. The van der Waals surface area contributed by atoms with E-state index in [0.29, 0.717) is 6.07 Å². The lowest BCUT2D eigenvalue weighted by Crippen LogP contribution is -2.08. The molecule has 0 aliphatic rings. The van der Waals surface area contributed by atoms with Gasteiger partial charge in [-0.05, 0) is 28.1 Å². The Labute approximate surface area is 105 Å². The largest absolute Gasteiger partial charge is 0.478 e. The number of carboxylic acids is 1. The lowest BCUT2D eigenvalue weighted by Gasteiger charge is -2.08. The number of rotatable bonds is 1. The molecule has 0 saturated carbocycles. The summed E-state index contributed by atoms with van der Waals surface area (Å²) in [5, 5.41) is 8.75. The molecule has 0 atom stereocenters. The Morgan fingerprint density at radius 1 is 1.41 bits per heavy atom. The van der Waals surface area contributed by atoms with Gasteiger partial charge in [-0.15, -0.1) is 11.3 Å². The van der Waals surface area contributed by atoms with Crippen LogP contribution in [-0.2, 0) is 6.18 Å². The van der Waals surface area contributed by atoms with Crippen molar-refractivity contribution >= 4 is 43.5 Å². The van der Waals surface area contributed by atoms with Gasteiger partial charge in [0.05, 0.1) is 21.3 Å². The van der Waals surface area contributed by atoms with Gasteiger partial charge < -0.3 is 5.11 Å². The molecule has 0 spiro atoms. The van der Waals surface area contributed by atoms with Gasteiger partial charge in [-0.1, -0.05) is 0 Å². The molecule has 8 heteroatoms. The first-order chi connectivity index (χ1) is 7.79. The Balaban J connectivity index is 2.82. The van der Waals surface area contributed by atoms with Crippen molar-refractivity contribution < 1.29 is 23.1 Å². The second-order valence-electron chi connectivity index (χ2n) is 3.14. The van der Waals surface area contributed by atoms with Crippen molar-refractivity contribution in [3.8, 4) is 0 Å². The van der Waals surface area contributed by atoms with Crippen molar-refractivity contribution in [2.45, 2.75) is 6.18 Å². The summed E-state index contributed by atoms with van der Waals surface area (Å²) in [6.45, 7) is 0. The van der Waals surface area contributed by atoms with Gasteiger partial charge in [-0.25, -0.2) is 9.78 Å². The molecule has 0 radical (unpaired) electrons. The predicted molar refractivity (Wildman–Crippen MR) is 59.3 cm³/mol. The highest BCUT2D eigenvalue weighted by Gasteiger charge is 2.35. The number of thiazole rings is 1. The number of alkyl halides is 3. The van der Waals surface area contributed by atoms with E-state index in [1.807, 2.05) is 0 Å². The lowest BCUT2D eigenvalue weighted by molar-refractivity contribution is -0.136. The zero-order valence-electron chi connectivity index (χ0n) is 7.88. The topological polar surface area (TPSA) is 50.2 Å². The van der Waals surface area contributed by atoms with Crippen LogP contribution in [0.4, 0.5) is 13.2 Å². The average molecular weight is 326 g/mol. The zero-order valence-corrected chi connectivity index (χ0v) is 10.3. The fraction of sp³-hybridized carbons (Fsp3) is 0.111. The highest BCUT2D eigenvalue weighted by Crippen LogP contribution is 2.38. The Bertz CT molecular complexity index is 608. The molecule has 1 aromatic heterocycles. The smallest absolute Gasteiger partial charge is 0.418 e. The number of carbonyl (C=O) groups is 1. The quantitative estimate of drug-likeness (QED) is 0.868. The number of halogens is 4. The van der Waals surface area contributed by atoms with Crippen molar-refractivity contribution in [1.29, 1.82) is 0 Å². The van der Waals surface area contributed by atoms with Crippen molar-refractivity contribution in [2.75, 3.05) is 0 Å². The van der Waals surface area contributed by atoms with Gasteiger partial charge in [0.15, 0.2) is 3.92 Å². The van der Waals surface area contributed by atoms with E-state index in [1.54, 1.807) is 0 Å². The Morgan fingerprint density at radius 2 is 2.06 bits per heavy atom. The molecule has 2 rings (SSSR count). The van der Waals surface area contributed by atoms with E-state index >= 15 is 0 Å². The summed E-state index contributed by atoms with van der Waals surface area (Å²) in [5.74, 6) is -1.40. The lowest BCUT2D eigenvalue weighted by atomic mass is 10.1. The maximum atomic E-state index is 12.7. The third-order valence-corrected chi connectivity index (χ3v) is 3.47. The molecule has 3 nitrogen and oxygen atoms in total. The highest BCUT2D eigenvalue weighted by atomic mass is 79.9. The second-order valence-corrected chi connectivity index (χ2v) is 5.45. The number of hydrogen-bond acceptors (Lipinski definition) is 3. The number of aromatic carboxylic acids is 1. The zero-order chi connectivity index (χ0) is 12.8. The summed E-state index contributed by atoms with van der Waals surface area (Å²) in [6.07, 6.45) is -4.63. The summed E-state index contributed by atoms with van der Waals surface area (Å²) in [7, 11) is 0. The van der Waals surface area contributed by atoms with Crippen LogP contribution in [0.1, 0.15) is 15.9 Å². The maximum absolute atomic E-state index is 12.7. The number of hydrogen-bond donors (Lipinski definition) is 1. The first kappa shape index (κ1) is 12.3. The Kier molecular flexibility index (Phi) is 2.86. The van der Waals surface area contributed by atoms with Crippen molar-refractivity contribution in [3.63, 3.8) is 0 Å². The standard InChI is InChI=1S/C9H3BrF3NO2S/c10-8-14-6-4(9(11,12)13)1-3(7(15)16)2-5(6)17-8/h1-2H,(H,15,16). The maximum Gasteiger partial charge on any atom is 0.418 e. The molecule has 0 unspecified atom stereocenters. The van der Waals surface area contributed by atoms with Gasteiger partial charge >= 0.3 is 12.1 Å². The van der Waals surface area contributed by atoms with E-state index in [2.05, 4.69) is 20.9 Å². The molecule has 90 valence electrons. The van der Waals surface area contributed by atoms with E-state index in [0.717, 1.165) is 11.3 Å². The van der Waals surface area contributed by atoms with E-state index in [-0.39, 0.29) is 14.1 Å². The van der Waals surface area contributed by atoms with Gasteiger partial charge in [0, 0.05) is 0 Å². The number of nitrogens with zero attached hydrogens (tertiary/aromatic N) is 1. The van der Waals surface area contributed by atoms with Crippen molar-refractivity contribution in [1.82, 2.24) is 4.98 Å². The highest BCUT2D eigenvalue weighted by molar-refractivity contribution is 9.11. The third kappa shape index (κ3) is 2.27. The third-order valence-electron chi connectivity index (χ3n) is 2.02. The van der Waals surface area contributed by atoms with Crippen LogP contribution in [0.15, 0.2) is 16.0 Å². The van der Waals surface area contributed by atoms with E-state index in [1.165, 1.54) is 6.07 Å². The molecule has 1 aromatic carbocycles. The Hall–Kier alpha value is -1.15. The summed E-state index contributed by atoms with van der Waals surface area (Å²) in [5.41, 5.74) is -1.67. The molecule has 0 aliphatic carbocycles. The minimum atomic E-state index is -4.63. The van der Waals surface area contributed by atoms with Gasteiger partial charge in [-0.2, -0.15) is 13.2 Å². The number of fused-ring (bicyclic) bond motifs is 1. The molecule has 17 heavy (non-hydrogen) atoms. The molecule has 1 heterocycles. The number of benzene rings is 1. The summed E-state index contributed by atoms with van der Waals surface area (Å²) < 4.78 is 38.6.